The summed E-state index contributed by atoms with van der Waals surface area (Å²) in [6.45, 7) is 0. The lowest BCUT2D eigenvalue weighted by molar-refractivity contribution is 1.46. The standard InChI is InChI=1S/C7H3ClIN2S2/c8-6-2-1-4(9)3-5(6)7-10-12-13-11-7/h1-3H. The van der Waals surface area contributed by atoms with E-state index in [0.717, 1.165) is 15.0 Å². The third-order valence-electron chi connectivity index (χ3n) is 1.45. The highest BCUT2D eigenvalue weighted by Gasteiger charge is 2.15. The molecule has 2 rings (SSSR count). The molecule has 1 aromatic rings. The van der Waals surface area contributed by atoms with E-state index < -0.39 is 0 Å². The number of rotatable bonds is 1. The second-order valence-corrected chi connectivity index (χ2v) is 5.49. The average Bonchev–Trinajstić information content (AvgIpc) is 2.61. The van der Waals surface area contributed by atoms with E-state index in [4.69, 9.17) is 11.6 Å². The number of nitrogens with zero attached hydrogens (tertiary/aromatic N) is 2. The van der Waals surface area contributed by atoms with Crippen LogP contribution in [0.4, 0.5) is 0 Å². The molecule has 0 saturated heterocycles. The van der Waals surface area contributed by atoms with Crippen LogP contribution in [-0.2, 0) is 0 Å². The Morgan fingerprint density at radius 3 is 2.85 bits per heavy atom. The third kappa shape index (κ3) is 2.26. The predicted octanol–water partition coefficient (Wildman–Crippen LogP) is 3.52. The van der Waals surface area contributed by atoms with Gasteiger partial charge in [-0.1, -0.05) is 11.6 Å². The van der Waals surface area contributed by atoms with Gasteiger partial charge in [0.2, 0.25) is 0 Å². The van der Waals surface area contributed by atoms with Crippen molar-refractivity contribution >= 4 is 62.0 Å². The Kier molecular flexibility index (Phi) is 3.28. The molecule has 67 valence electrons. The van der Waals surface area contributed by atoms with E-state index in [1.54, 1.807) is 0 Å². The summed E-state index contributed by atoms with van der Waals surface area (Å²) in [6, 6.07) is 5.81. The molecule has 1 radical (unpaired) electrons. The Balaban J connectivity index is 2.43. The molecule has 1 heterocycles. The molecule has 0 bridgehead atoms. The number of hydrogen-bond acceptors (Lipinski definition) is 3. The van der Waals surface area contributed by atoms with Gasteiger partial charge in [0.25, 0.3) is 0 Å². The topological polar surface area (TPSA) is 26.5 Å². The van der Waals surface area contributed by atoms with E-state index >= 15 is 0 Å². The first-order valence-corrected chi connectivity index (χ1v) is 6.87. The highest BCUT2D eigenvalue weighted by Crippen LogP contribution is 2.31. The monoisotopic (exact) mass is 341 g/mol. The van der Waals surface area contributed by atoms with E-state index in [1.165, 1.54) is 22.0 Å². The first-order chi connectivity index (χ1) is 6.27. The van der Waals surface area contributed by atoms with Crippen molar-refractivity contribution < 1.29 is 0 Å². The van der Waals surface area contributed by atoms with Gasteiger partial charge in [0.1, 0.15) is 0 Å². The molecule has 1 aliphatic rings. The lowest BCUT2D eigenvalue weighted by Gasteiger charge is -2.01. The highest BCUT2D eigenvalue weighted by atomic mass is 127. The predicted molar refractivity (Wildman–Crippen MR) is 68.0 cm³/mol. The summed E-state index contributed by atoms with van der Waals surface area (Å²) in [5.74, 6) is 0.721. The van der Waals surface area contributed by atoms with Crippen molar-refractivity contribution in [3.63, 3.8) is 0 Å². The smallest absolute Gasteiger partial charge is 0.178 e. The molecular formula is C7H3ClIN2S2. The van der Waals surface area contributed by atoms with Crippen LogP contribution < -0.4 is 4.72 Å². The first-order valence-electron chi connectivity index (χ1n) is 3.35. The first kappa shape index (κ1) is 9.95. The Bertz CT molecular complexity index is 370. The lowest BCUT2D eigenvalue weighted by Crippen LogP contribution is -2.06. The molecular weight excluding hydrogens is 339 g/mol. The van der Waals surface area contributed by atoms with Gasteiger partial charge in [0, 0.05) is 9.13 Å². The van der Waals surface area contributed by atoms with Gasteiger partial charge in [-0.3, -0.25) is 0 Å². The molecule has 0 N–H and O–H groups in total. The van der Waals surface area contributed by atoms with Gasteiger partial charge in [-0.25, -0.2) is 0 Å². The SMILES string of the molecule is Clc1ccc(I)cc1C1=NSS[N]1. The number of benzene rings is 1. The minimum atomic E-state index is 0.700. The molecule has 1 aromatic carbocycles. The lowest BCUT2D eigenvalue weighted by atomic mass is 10.2. The molecule has 0 aromatic heterocycles. The van der Waals surface area contributed by atoms with Crippen molar-refractivity contribution in [2.45, 2.75) is 0 Å². The van der Waals surface area contributed by atoms with Crippen LogP contribution >= 0.6 is 56.2 Å². The van der Waals surface area contributed by atoms with Gasteiger partial charge in [-0.05, 0) is 40.8 Å². The van der Waals surface area contributed by atoms with Crippen molar-refractivity contribution in [2.24, 2.45) is 4.40 Å². The van der Waals surface area contributed by atoms with E-state index in [2.05, 4.69) is 31.7 Å². The molecule has 0 unspecified atom stereocenters. The molecule has 0 spiro atoms. The zero-order valence-electron chi connectivity index (χ0n) is 6.20. The minimum Gasteiger partial charge on any atom is -0.182 e. The van der Waals surface area contributed by atoms with Crippen LogP contribution in [0.2, 0.25) is 5.02 Å². The Hall–Kier alpha value is 0.410. The third-order valence-corrected chi connectivity index (χ3v) is 3.66. The van der Waals surface area contributed by atoms with Crippen LogP contribution in [0.15, 0.2) is 22.6 Å². The van der Waals surface area contributed by atoms with Crippen LogP contribution in [0.25, 0.3) is 0 Å². The van der Waals surface area contributed by atoms with E-state index in [9.17, 15) is 0 Å². The molecule has 2 nitrogen and oxygen atoms in total. The fourth-order valence-corrected chi connectivity index (χ4v) is 2.74. The highest BCUT2D eigenvalue weighted by molar-refractivity contribution is 14.1. The van der Waals surface area contributed by atoms with Crippen LogP contribution in [0.5, 0.6) is 0 Å². The minimum absolute atomic E-state index is 0.700. The zero-order valence-corrected chi connectivity index (χ0v) is 10.7. The van der Waals surface area contributed by atoms with E-state index in [1.807, 2.05) is 18.2 Å². The maximum atomic E-state index is 6.01. The fraction of sp³-hybridized carbons (Fsp3) is 0. The second kappa shape index (κ2) is 4.29. The molecule has 0 aliphatic carbocycles. The summed E-state index contributed by atoms with van der Waals surface area (Å²) >= 11 is 8.25. The van der Waals surface area contributed by atoms with Gasteiger partial charge in [-0.2, -0.15) is 9.12 Å². The van der Waals surface area contributed by atoms with Gasteiger partial charge >= 0.3 is 0 Å². The molecule has 6 heteroatoms. The Morgan fingerprint density at radius 1 is 1.31 bits per heavy atom. The normalized spacial score (nSPS) is 15.4. The van der Waals surface area contributed by atoms with Crippen LogP contribution in [-0.4, -0.2) is 5.84 Å². The quantitative estimate of drug-likeness (QED) is 0.444. The summed E-state index contributed by atoms with van der Waals surface area (Å²) in [7, 11) is 2.74. The summed E-state index contributed by atoms with van der Waals surface area (Å²) in [5, 5.41) is 0.700. The van der Waals surface area contributed by atoms with Crippen molar-refractivity contribution in [2.75, 3.05) is 0 Å². The summed E-state index contributed by atoms with van der Waals surface area (Å²) in [5.41, 5.74) is 0.908. The number of halogens is 2. The van der Waals surface area contributed by atoms with Gasteiger partial charge in [0.15, 0.2) is 5.84 Å². The van der Waals surface area contributed by atoms with E-state index in [-0.39, 0.29) is 0 Å². The van der Waals surface area contributed by atoms with Crippen molar-refractivity contribution in [1.82, 2.24) is 4.72 Å². The van der Waals surface area contributed by atoms with Gasteiger partial charge in [0.05, 0.1) is 27.0 Å². The molecule has 0 fully saturated rings. The molecule has 0 amide bonds. The Morgan fingerprint density at radius 2 is 2.15 bits per heavy atom. The molecule has 0 saturated carbocycles. The number of hydrogen-bond donors (Lipinski definition) is 0. The van der Waals surface area contributed by atoms with Crippen LogP contribution in [0.1, 0.15) is 5.56 Å². The zero-order chi connectivity index (χ0) is 9.26. The second-order valence-electron chi connectivity index (χ2n) is 2.28. The summed E-state index contributed by atoms with van der Waals surface area (Å²) in [4.78, 5) is 0. The van der Waals surface area contributed by atoms with Crippen LogP contribution in [0.3, 0.4) is 0 Å². The van der Waals surface area contributed by atoms with Crippen molar-refractivity contribution in [3.05, 3.63) is 32.4 Å². The van der Waals surface area contributed by atoms with Crippen molar-refractivity contribution in [3.8, 4) is 0 Å². The Labute approximate surface area is 103 Å². The summed E-state index contributed by atoms with van der Waals surface area (Å²) in [6.07, 6.45) is 0. The summed E-state index contributed by atoms with van der Waals surface area (Å²) < 4.78 is 9.44. The maximum absolute atomic E-state index is 6.01. The fourth-order valence-electron chi connectivity index (χ4n) is 0.888. The largest absolute Gasteiger partial charge is 0.182 e. The van der Waals surface area contributed by atoms with Crippen molar-refractivity contribution in [1.29, 1.82) is 0 Å². The number of amidine groups is 1. The molecule has 0 atom stereocenters. The maximum Gasteiger partial charge on any atom is 0.178 e. The average molecular weight is 342 g/mol. The molecule has 13 heavy (non-hydrogen) atoms. The van der Waals surface area contributed by atoms with Gasteiger partial charge < -0.3 is 0 Å². The van der Waals surface area contributed by atoms with Crippen LogP contribution in [0, 0.1) is 3.57 Å². The van der Waals surface area contributed by atoms with Gasteiger partial charge in [-0.15, -0.1) is 0 Å². The molecule has 1 aliphatic heterocycles. The van der Waals surface area contributed by atoms with E-state index in [0.29, 0.717) is 5.02 Å².